The highest BCUT2D eigenvalue weighted by Crippen LogP contribution is 2.29. The second-order valence-corrected chi connectivity index (χ2v) is 7.40. The predicted octanol–water partition coefficient (Wildman–Crippen LogP) is 5.84. The first kappa shape index (κ1) is 22.2. The van der Waals surface area contributed by atoms with Gasteiger partial charge in [0.05, 0.1) is 0 Å². The summed E-state index contributed by atoms with van der Waals surface area (Å²) in [5.41, 5.74) is 1.96. The van der Waals surface area contributed by atoms with Crippen molar-refractivity contribution in [3.63, 3.8) is 0 Å². The molecule has 0 spiro atoms. The van der Waals surface area contributed by atoms with Crippen LogP contribution in [-0.4, -0.2) is 23.7 Å². The van der Waals surface area contributed by atoms with Crippen molar-refractivity contribution in [3.8, 4) is 17.1 Å². The van der Waals surface area contributed by atoms with Gasteiger partial charge in [-0.1, -0.05) is 55.3 Å². The van der Waals surface area contributed by atoms with Crippen molar-refractivity contribution < 1.29 is 23.8 Å². The maximum absolute atomic E-state index is 12.1. The summed E-state index contributed by atoms with van der Waals surface area (Å²) in [7, 11) is 0. The van der Waals surface area contributed by atoms with E-state index in [0.717, 1.165) is 32.1 Å². The minimum atomic E-state index is -1.07. The van der Waals surface area contributed by atoms with E-state index in [1.54, 1.807) is 31.2 Å². The second-order valence-electron chi connectivity index (χ2n) is 7.40. The van der Waals surface area contributed by atoms with E-state index >= 15 is 0 Å². The Morgan fingerprint density at radius 3 is 2.52 bits per heavy atom. The highest BCUT2D eigenvalue weighted by atomic mass is 16.6. The van der Waals surface area contributed by atoms with Gasteiger partial charge in [0, 0.05) is 12.1 Å². The fourth-order valence-electron chi connectivity index (χ4n) is 3.37. The molecule has 31 heavy (non-hydrogen) atoms. The summed E-state index contributed by atoms with van der Waals surface area (Å²) in [6.45, 7) is 2.23. The molecule has 162 valence electrons. The molecule has 3 rings (SSSR count). The zero-order chi connectivity index (χ0) is 22.1. The predicted molar refractivity (Wildman–Crippen MR) is 118 cm³/mol. The fourth-order valence-corrected chi connectivity index (χ4v) is 3.37. The van der Waals surface area contributed by atoms with Gasteiger partial charge in [-0.05, 0) is 49.9 Å². The highest BCUT2D eigenvalue weighted by Gasteiger charge is 2.18. The zero-order valence-electron chi connectivity index (χ0n) is 17.6. The molecule has 1 aromatic heterocycles. The Morgan fingerprint density at radius 2 is 1.74 bits per heavy atom. The zero-order valence-corrected chi connectivity index (χ0v) is 17.6. The van der Waals surface area contributed by atoms with Crippen LogP contribution in [-0.2, 0) is 6.42 Å². The molecule has 0 atom stereocenters. The minimum Gasteiger partial charge on any atom is -0.478 e. The molecule has 0 saturated carbocycles. The highest BCUT2D eigenvalue weighted by molar-refractivity contribution is 5.94. The van der Waals surface area contributed by atoms with Gasteiger partial charge in [-0.15, -0.1) is 0 Å². The van der Waals surface area contributed by atoms with E-state index in [-0.39, 0.29) is 11.3 Å². The van der Waals surface area contributed by atoms with Gasteiger partial charge >= 0.3 is 12.1 Å². The number of benzene rings is 2. The van der Waals surface area contributed by atoms with E-state index < -0.39 is 12.1 Å². The number of aromatic carboxylic acids is 1. The molecule has 0 saturated heterocycles. The van der Waals surface area contributed by atoms with Gasteiger partial charge in [0.15, 0.2) is 0 Å². The van der Waals surface area contributed by atoms with E-state index in [1.165, 1.54) is 11.6 Å². The van der Waals surface area contributed by atoms with Crippen molar-refractivity contribution >= 4 is 12.1 Å². The molecule has 6 nitrogen and oxygen atoms in total. The average Bonchev–Trinajstić information content (AvgIpc) is 3.16. The van der Waals surface area contributed by atoms with Crippen LogP contribution in [0.1, 0.15) is 47.4 Å². The van der Waals surface area contributed by atoms with Crippen LogP contribution in [0, 0.1) is 6.92 Å². The first-order valence-corrected chi connectivity index (χ1v) is 10.5. The third-order valence-corrected chi connectivity index (χ3v) is 4.90. The van der Waals surface area contributed by atoms with Crippen molar-refractivity contribution in [1.29, 1.82) is 0 Å². The summed E-state index contributed by atoms with van der Waals surface area (Å²) in [6.07, 6.45) is 4.71. The quantitative estimate of drug-likeness (QED) is 0.401. The molecule has 0 aliphatic heterocycles. The lowest BCUT2D eigenvalue weighted by molar-refractivity contribution is 0.0697. The smallest absolute Gasteiger partial charge is 0.412 e. The maximum Gasteiger partial charge on any atom is 0.412 e. The van der Waals surface area contributed by atoms with Gasteiger partial charge in [-0.3, -0.25) is 0 Å². The first-order chi connectivity index (χ1) is 15.0. The van der Waals surface area contributed by atoms with E-state index in [9.17, 15) is 14.7 Å². The van der Waals surface area contributed by atoms with Gasteiger partial charge in [-0.2, -0.15) is 0 Å². The fraction of sp³-hybridized carbons (Fsp3) is 0.280. The van der Waals surface area contributed by atoms with Crippen LogP contribution >= 0.6 is 0 Å². The van der Waals surface area contributed by atoms with Gasteiger partial charge in [0.2, 0.25) is 0 Å². The van der Waals surface area contributed by atoms with Gasteiger partial charge in [0.1, 0.15) is 22.8 Å². The van der Waals surface area contributed by atoms with Crippen LogP contribution in [0.3, 0.4) is 0 Å². The number of furan rings is 1. The van der Waals surface area contributed by atoms with Crippen LogP contribution in [0.25, 0.3) is 11.3 Å². The maximum atomic E-state index is 12.1. The summed E-state index contributed by atoms with van der Waals surface area (Å²) in [6, 6.07) is 18.5. The molecule has 0 unspecified atom stereocenters. The minimum absolute atomic E-state index is 0.0753. The molecule has 3 aromatic rings. The number of carbonyl (C=O) groups is 2. The van der Waals surface area contributed by atoms with Crippen LogP contribution in [0.15, 0.2) is 65.1 Å². The molecule has 0 aliphatic rings. The summed E-state index contributed by atoms with van der Waals surface area (Å²) < 4.78 is 10.9. The van der Waals surface area contributed by atoms with Crippen molar-refractivity contribution in [2.75, 3.05) is 6.54 Å². The number of amides is 1. The lowest BCUT2D eigenvalue weighted by atomic mass is 10.1. The largest absolute Gasteiger partial charge is 0.478 e. The van der Waals surface area contributed by atoms with Crippen LogP contribution in [0.4, 0.5) is 4.79 Å². The number of nitrogens with one attached hydrogen (secondary N) is 1. The summed E-state index contributed by atoms with van der Waals surface area (Å²) >= 11 is 0. The topological polar surface area (TPSA) is 88.8 Å². The number of carboxylic acid groups (broad SMARTS) is 1. The molecular weight excluding hydrogens is 394 g/mol. The van der Waals surface area contributed by atoms with E-state index in [2.05, 4.69) is 29.6 Å². The number of hydrogen-bond acceptors (Lipinski definition) is 4. The molecule has 6 heteroatoms. The monoisotopic (exact) mass is 421 g/mol. The number of unbranched alkanes of at least 4 members (excludes halogenated alkanes) is 3. The van der Waals surface area contributed by atoms with Crippen LogP contribution in [0.2, 0.25) is 0 Å². The number of hydrogen-bond donors (Lipinski definition) is 2. The van der Waals surface area contributed by atoms with E-state index in [0.29, 0.717) is 23.6 Å². The molecule has 2 aromatic carbocycles. The van der Waals surface area contributed by atoms with Gasteiger partial charge in [0.25, 0.3) is 0 Å². The lowest BCUT2D eigenvalue weighted by Gasteiger charge is -2.08. The molecule has 0 radical (unpaired) electrons. The van der Waals surface area contributed by atoms with Crippen LogP contribution < -0.4 is 10.1 Å². The molecule has 0 aliphatic carbocycles. The van der Waals surface area contributed by atoms with E-state index in [4.69, 9.17) is 9.15 Å². The lowest BCUT2D eigenvalue weighted by Crippen LogP contribution is -2.27. The Balaban J connectivity index is 1.41. The van der Waals surface area contributed by atoms with Gasteiger partial charge in [-0.25, -0.2) is 9.59 Å². The van der Waals surface area contributed by atoms with Crippen molar-refractivity contribution in [1.82, 2.24) is 5.32 Å². The van der Waals surface area contributed by atoms with Crippen molar-refractivity contribution in [3.05, 3.63) is 77.6 Å². The standard InChI is InChI=1S/C25H27NO5/c1-18-16-22(24(27)28)23(30-18)20-13-9-14-21(17-20)31-25(29)26-15-8-3-2-5-10-19-11-6-4-7-12-19/h4,6-7,9,11-14,16-17H,2-3,5,8,10,15H2,1H3,(H,26,29)(H,27,28). The normalized spacial score (nSPS) is 10.6. The summed E-state index contributed by atoms with van der Waals surface area (Å²) in [5, 5.41) is 12.1. The Morgan fingerprint density at radius 1 is 0.968 bits per heavy atom. The van der Waals surface area contributed by atoms with Crippen molar-refractivity contribution in [2.24, 2.45) is 0 Å². The molecule has 0 bridgehead atoms. The summed E-state index contributed by atoms with van der Waals surface area (Å²) in [5.74, 6) is -0.00507. The van der Waals surface area contributed by atoms with Gasteiger partial charge < -0.3 is 19.6 Å². The average molecular weight is 421 g/mol. The number of aryl methyl sites for hydroxylation is 2. The molecule has 0 fully saturated rings. The van der Waals surface area contributed by atoms with Crippen molar-refractivity contribution in [2.45, 2.75) is 39.0 Å². The Bertz CT molecular complexity index is 1010. The van der Waals surface area contributed by atoms with E-state index in [1.807, 2.05) is 6.07 Å². The Kier molecular flexibility index (Phi) is 7.87. The molecule has 1 heterocycles. The number of carboxylic acids is 1. The Hall–Kier alpha value is -3.54. The SMILES string of the molecule is Cc1cc(C(=O)O)c(-c2cccc(OC(=O)NCCCCCCc3ccccc3)c2)o1. The first-order valence-electron chi connectivity index (χ1n) is 10.5. The number of rotatable bonds is 10. The number of ether oxygens (including phenoxy) is 1. The van der Waals surface area contributed by atoms with Crippen LogP contribution in [0.5, 0.6) is 5.75 Å². The third-order valence-electron chi connectivity index (χ3n) is 4.90. The number of carbonyl (C=O) groups excluding carboxylic acids is 1. The Labute approximate surface area is 181 Å². The second kappa shape index (κ2) is 11.0. The third kappa shape index (κ3) is 6.74. The molecule has 2 N–H and O–H groups in total. The summed E-state index contributed by atoms with van der Waals surface area (Å²) in [4.78, 5) is 23.5. The molecular formula is C25H27NO5. The molecule has 1 amide bonds.